The highest BCUT2D eigenvalue weighted by molar-refractivity contribution is 9.11. The van der Waals surface area contributed by atoms with Crippen LogP contribution in [-0.2, 0) is 9.59 Å². The number of amides is 2. The van der Waals surface area contributed by atoms with Crippen LogP contribution in [0, 0.1) is 0 Å². The van der Waals surface area contributed by atoms with Gasteiger partial charge in [0, 0.05) is 21.1 Å². The van der Waals surface area contributed by atoms with Gasteiger partial charge in [-0.3, -0.25) is 9.59 Å². The van der Waals surface area contributed by atoms with Gasteiger partial charge in [0.1, 0.15) is 11.5 Å². The maximum absolute atomic E-state index is 12.4. The molecule has 0 aliphatic heterocycles. The molecule has 1 aromatic heterocycles. The fraction of sp³-hybridized carbons (Fsp3) is 0.200. The van der Waals surface area contributed by atoms with Crippen molar-refractivity contribution in [2.75, 3.05) is 36.4 Å². The average Bonchev–Trinajstić information content (AvgIpc) is 3.28. The summed E-state index contributed by atoms with van der Waals surface area (Å²) >= 11 is 17.5. The standard InChI is InChI=1S/C20H16Br4N4O4S3/c1-31-15-5-13(9(21)3-11(15)23)25-17(29)7-33-19-27-28-20(35-19)34-8-18(30)26-14-6-16(32-2)12(24)4-10(14)22/h3-6H,7-8H2,1-2H3,(H,25,29)(H,26,30). The smallest absolute Gasteiger partial charge is 0.234 e. The van der Waals surface area contributed by atoms with E-state index in [4.69, 9.17) is 9.47 Å². The summed E-state index contributed by atoms with van der Waals surface area (Å²) in [7, 11) is 3.11. The number of hydrogen-bond donors (Lipinski definition) is 2. The summed E-state index contributed by atoms with van der Waals surface area (Å²) in [6, 6.07) is 7.06. The number of rotatable bonds is 10. The molecule has 0 atom stereocenters. The number of halogens is 4. The Balaban J connectivity index is 1.48. The molecule has 1 heterocycles. The van der Waals surface area contributed by atoms with Gasteiger partial charge in [0.2, 0.25) is 11.8 Å². The number of thioether (sulfide) groups is 2. The molecular weight excluding hydrogens is 776 g/mol. The molecule has 3 rings (SSSR count). The van der Waals surface area contributed by atoms with Crippen LogP contribution in [0.4, 0.5) is 11.4 Å². The molecule has 15 heteroatoms. The van der Waals surface area contributed by atoms with Crippen molar-refractivity contribution in [1.29, 1.82) is 0 Å². The Bertz CT molecular complexity index is 1150. The van der Waals surface area contributed by atoms with Crippen LogP contribution in [0.15, 0.2) is 50.8 Å². The number of carbonyl (C=O) groups excluding carboxylic acids is 2. The second-order valence-corrected chi connectivity index (χ2v) is 13.3. The van der Waals surface area contributed by atoms with E-state index in [1.165, 1.54) is 34.9 Å². The van der Waals surface area contributed by atoms with Crippen molar-refractivity contribution in [2.45, 2.75) is 8.68 Å². The molecule has 0 saturated carbocycles. The van der Waals surface area contributed by atoms with Crippen LogP contribution in [0.1, 0.15) is 0 Å². The van der Waals surface area contributed by atoms with E-state index in [-0.39, 0.29) is 23.3 Å². The number of hydrogen-bond acceptors (Lipinski definition) is 9. The molecule has 35 heavy (non-hydrogen) atoms. The van der Waals surface area contributed by atoms with Gasteiger partial charge in [-0.15, -0.1) is 10.2 Å². The normalized spacial score (nSPS) is 10.7. The monoisotopic (exact) mass is 788 g/mol. The number of aromatic nitrogens is 2. The maximum Gasteiger partial charge on any atom is 0.234 e. The lowest BCUT2D eigenvalue weighted by Crippen LogP contribution is -2.14. The SMILES string of the molecule is COc1cc(NC(=O)CSc2nnc(SCC(=O)Nc3cc(OC)c(Br)cc3Br)s2)c(Br)cc1Br. The summed E-state index contributed by atoms with van der Waals surface area (Å²) in [6.07, 6.45) is 0. The summed E-state index contributed by atoms with van der Waals surface area (Å²) in [4.78, 5) is 24.8. The van der Waals surface area contributed by atoms with E-state index in [2.05, 4.69) is 84.6 Å². The van der Waals surface area contributed by atoms with E-state index in [1.54, 1.807) is 38.5 Å². The zero-order valence-electron chi connectivity index (χ0n) is 18.0. The first-order valence-electron chi connectivity index (χ1n) is 9.45. The van der Waals surface area contributed by atoms with Crippen molar-refractivity contribution in [3.63, 3.8) is 0 Å². The van der Waals surface area contributed by atoms with E-state index >= 15 is 0 Å². The number of methoxy groups -OCH3 is 2. The molecule has 0 saturated heterocycles. The third-order valence-corrected chi connectivity index (χ3v) is 9.81. The summed E-state index contributed by atoms with van der Waals surface area (Å²) < 4.78 is 14.8. The van der Waals surface area contributed by atoms with Crippen LogP contribution in [0.5, 0.6) is 11.5 Å². The van der Waals surface area contributed by atoms with Gasteiger partial charge in [-0.1, -0.05) is 34.9 Å². The van der Waals surface area contributed by atoms with Gasteiger partial charge in [0.05, 0.1) is 46.0 Å². The van der Waals surface area contributed by atoms with Gasteiger partial charge in [-0.05, 0) is 75.9 Å². The van der Waals surface area contributed by atoms with E-state index < -0.39 is 0 Å². The van der Waals surface area contributed by atoms with Gasteiger partial charge >= 0.3 is 0 Å². The molecule has 2 aromatic carbocycles. The van der Waals surface area contributed by atoms with E-state index in [0.29, 0.717) is 31.6 Å². The highest BCUT2D eigenvalue weighted by Crippen LogP contribution is 2.36. The zero-order chi connectivity index (χ0) is 25.5. The summed E-state index contributed by atoms with van der Waals surface area (Å²) in [5, 5.41) is 13.9. The molecule has 0 fully saturated rings. The Labute approximate surface area is 247 Å². The predicted molar refractivity (Wildman–Crippen MR) is 155 cm³/mol. The van der Waals surface area contributed by atoms with Crippen LogP contribution >= 0.6 is 98.6 Å². The van der Waals surface area contributed by atoms with Gasteiger partial charge in [0.25, 0.3) is 0 Å². The van der Waals surface area contributed by atoms with Crippen molar-refractivity contribution in [3.8, 4) is 11.5 Å². The second kappa shape index (κ2) is 13.6. The summed E-state index contributed by atoms with van der Waals surface area (Å²) in [5.74, 6) is 1.14. The first-order valence-corrected chi connectivity index (χ1v) is 15.4. The molecule has 3 aromatic rings. The molecule has 0 radical (unpaired) electrons. The predicted octanol–water partition coefficient (Wildman–Crippen LogP) is 7.07. The molecule has 186 valence electrons. The number of carbonyl (C=O) groups is 2. The lowest BCUT2D eigenvalue weighted by Gasteiger charge is -2.10. The van der Waals surface area contributed by atoms with Crippen LogP contribution in [0.2, 0.25) is 0 Å². The minimum atomic E-state index is -0.195. The Morgan fingerprint density at radius 3 is 1.54 bits per heavy atom. The van der Waals surface area contributed by atoms with Gasteiger partial charge in [-0.2, -0.15) is 0 Å². The molecule has 2 N–H and O–H groups in total. The number of anilines is 2. The van der Waals surface area contributed by atoms with Crippen molar-refractivity contribution in [1.82, 2.24) is 10.2 Å². The Hall–Kier alpha value is -0.840. The van der Waals surface area contributed by atoms with Gasteiger partial charge in [0.15, 0.2) is 8.68 Å². The molecule has 2 amide bonds. The maximum atomic E-state index is 12.4. The average molecular weight is 792 g/mol. The molecule has 0 spiro atoms. The second-order valence-electron chi connectivity index (χ2n) is 6.44. The molecule has 8 nitrogen and oxygen atoms in total. The number of nitrogens with zero attached hydrogens (tertiary/aromatic N) is 2. The van der Waals surface area contributed by atoms with Crippen molar-refractivity contribution in [2.24, 2.45) is 0 Å². The summed E-state index contributed by atoms with van der Waals surface area (Å²) in [5.41, 5.74) is 1.20. The minimum absolute atomic E-state index is 0.157. The minimum Gasteiger partial charge on any atom is -0.495 e. The van der Waals surface area contributed by atoms with Gasteiger partial charge in [-0.25, -0.2) is 0 Å². The molecule has 0 unspecified atom stereocenters. The highest BCUT2D eigenvalue weighted by atomic mass is 79.9. The third-order valence-electron chi connectivity index (χ3n) is 4.07. The first-order chi connectivity index (χ1) is 16.7. The third kappa shape index (κ3) is 8.33. The number of nitrogens with one attached hydrogen (secondary N) is 2. The van der Waals surface area contributed by atoms with Crippen LogP contribution in [-0.4, -0.2) is 47.7 Å². The number of ether oxygens (including phenoxy) is 2. The van der Waals surface area contributed by atoms with Crippen molar-refractivity contribution >= 4 is 122 Å². The molecular formula is C20H16Br4N4O4S3. The van der Waals surface area contributed by atoms with Crippen molar-refractivity contribution < 1.29 is 19.1 Å². The molecule has 0 aliphatic carbocycles. The van der Waals surface area contributed by atoms with Crippen LogP contribution < -0.4 is 20.1 Å². The topological polar surface area (TPSA) is 102 Å². The molecule has 0 bridgehead atoms. The Morgan fingerprint density at radius 1 is 0.771 bits per heavy atom. The highest BCUT2D eigenvalue weighted by Gasteiger charge is 2.14. The van der Waals surface area contributed by atoms with E-state index in [0.717, 1.165) is 17.9 Å². The van der Waals surface area contributed by atoms with Crippen LogP contribution in [0.25, 0.3) is 0 Å². The Morgan fingerprint density at radius 2 is 1.17 bits per heavy atom. The van der Waals surface area contributed by atoms with E-state index in [9.17, 15) is 9.59 Å². The quantitative estimate of drug-likeness (QED) is 0.211. The van der Waals surface area contributed by atoms with Crippen LogP contribution in [0.3, 0.4) is 0 Å². The Kier molecular flexibility index (Phi) is 11.2. The first kappa shape index (κ1) is 28.7. The largest absolute Gasteiger partial charge is 0.495 e. The summed E-state index contributed by atoms with van der Waals surface area (Å²) in [6.45, 7) is 0. The van der Waals surface area contributed by atoms with Crippen molar-refractivity contribution in [3.05, 3.63) is 42.2 Å². The fourth-order valence-electron chi connectivity index (χ4n) is 2.50. The fourth-order valence-corrected chi connectivity index (χ4v) is 7.63. The lowest BCUT2D eigenvalue weighted by molar-refractivity contribution is -0.114. The lowest BCUT2D eigenvalue weighted by atomic mass is 10.3. The zero-order valence-corrected chi connectivity index (χ0v) is 26.8. The number of benzene rings is 2. The van der Waals surface area contributed by atoms with E-state index in [1.807, 2.05) is 0 Å². The molecule has 0 aliphatic rings. The van der Waals surface area contributed by atoms with Gasteiger partial charge < -0.3 is 20.1 Å².